The van der Waals surface area contributed by atoms with Crippen LogP contribution in [0.2, 0.25) is 0 Å². The summed E-state index contributed by atoms with van der Waals surface area (Å²) in [5.41, 5.74) is 1.64. The van der Waals surface area contributed by atoms with Crippen molar-refractivity contribution in [2.75, 3.05) is 7.05 Å². The van der Waals surface area contributed by atoms with E-state index in [1.807, 2.05) is 11.9 Å². The van der Waals surface area contributed by atoms with E-state index in [2.05, 4.69) is 5.32 Å². The quantitative estimate of drug-likeness (QED) is 0.880. The van der Waals surface area contributed by atoms with Crippen LogP contribution in [0.4, 0.5) is 8.78 Å². The normalized spacial score (nSPS) is 15.3. The van der Waals surface area contributed by atoms with Gasteiger partial charge in [-0.1, -0.05) is 24.3 Å². The highest BCUT2D eigenvalue weighted by Crippen LogP contribution is 2.25. The van der Waals surface area contributed by atoms with Gasteiger partial charge in [0.25, 0.3) is 0 Å². The molecule has 2 aromatic carbocycles. The van der Waals surface area contributed by atoms with E-state index in [0.29, 0.717) is 6.54 Å². The highest BCUT2D eigenvalue weighted by molar-refractivity contribution is 5.83. The Bertz CT molecular complexity index is 696. The average molecular weight is 330 g/mol. The second kappa shape index (κ2) is 7.09. The van der Waals surface area contributed by atoms with Crippen molar-refractivity contribution in [3.05, 3.63) is 71.3 Å². The molecule has 0 radical (unpaired) electrons. The summed E-state index contributed by atoms with van der Waals surface area (Å²) in [5.74, 6) is -0.710. The SMILES string of the molecule is CN(Cc1ccc(F)cc1)C(C(=O)NC1CC1)c1ccc(F)cc1. The molecular formula is C19H20F2N2O. The van der Waals surface area contributed by atoms with Crippen LogP contribution < -0.4 is 5.32 Å². The molecule has 0 spiro atoms. The van der Waals surface area contributed by atoms with E-state index in [-0.39, 0.29) is 23.6 Å². The molecular weight excluding hydrogens is 310 g/mol. The molecule has 3 rings (SSSR count). The van der Waals surface area contributed by atoms with Crippen LogP contribution >= 0.6 is 0 Å². The zero-order chi connectivity index (χ0) is 17.1. The molecule has 5 heteroatoms. The summed E-state index contributed by atoms with van der Waals surface area (Å²) < 4.78 is 26.3. The van der Waals surface area contributed by atoms with Gasteiger partial charge in [-0.05, 0) is 55.3 Å². The van der Waals surface area contributed by atoms with Gasteiger partial charge in [-0.3, -0.25) is 9.69 Å². The number of hydrogen-bond acceptors (Lipinski definition) is 2. The van der Waals surface area contributed by atoms with Crippen molar-refractivity contribution >= 4 is 5.91 Å². The Labute approximate surface area is 140 Å². The first-order valence-electron chi connectivity index (χ1n) is 8.03. The summed E-state index contributed by atoms with van der Waals surface area (Å²) >= 11 is 0. The van der Waals surface area contributed by atoms with Crippen LogP contribution in [0.3, 0.4) is 0 Å². The number of nitrogens with one attached hydrogen (secondary N) is 1. The Hall–Kier alpha value is -2.27. The third kappa shape index (κ3) is 4.17. The molecule has 2 aromatic rings. The van der Waals surface area contributed by atoms with E-state index in [9.17, 15) is 13.6 Å². The van der Waals surface area contributed by atoms with Crippen molar-refractivity contribution in [1.82, 2.24) is 10.2 Å². The van der Waals surface area contributed by atoms with Gasteiger partial charge in [0, 0.05) is 12.6 Å². The average Bonchev–Trinajstić information content (AvgIpc) is 3.36. The van der Waals surface area contributed by atoms with Gasteiger partial charge in [-0.2, -0.15) is 0 Å². The second-order valence-corrected chi connectivity index (χ2v) is 6.28. The third-order valence-electron chi connectivity index (χ3n) is 4.14. The number of hydrogen-bond donors (Lipinski definition) is 1. The van der Waals surface area contributed by atoms with Gasteiger partial charge >= 0.3 is 0 Å². The van der Waals surface area contributed by atoms with Crippen LogP contribution in [0.25, 0.3) is 0 Å². The Kier molecular flexibility index (Phi) is 4.90. The number of halogens is 2. The van der Waals surface area contributed by atoms with Crippen LogP contribution in [0.15, 0.2) is 48.5 Å². The molecule has 1 N–H and O–H groups in total. The Morgan fingerprint density at radius 3 is 2.17 bits per heavy atom. The molecule has 126 valence electrons. The van der Waals surface area contributed by atoms with Gasteiger partial charge in [0.05, 0.1) is 0 Å². The maximum absolute atomic E-state index is 13.2. The molecule has 0 heterocycles. The molecule has 1 aliphatic carbocycles. The molecule has 3 nitrogen and oxygen atoms in total. The third-order valence-corrected chi connectivity index (χ3v) is 4.14. The lowest BCUT2D eigenvalue weighted by Gasteiger charge is -2.27. The maximum Gasteiger partial charge on any atom is 0.242 e. The van der Waals surface area contributed by atoms with Crippen LogP contribution in [-0.2, 0) is 11.3 Å². The summed E-state index contributed by atoms with van der Waals surface area (Å²) in [6.45, 7) is 0.487. The van der Waals surface area contributed by atoms with Crippen molar-refractivity contribution in [2.24, 2.45) is 0 Å². The van der Waals surface area contributed by atoms with Crippen molar-refractivity contribution in [3.8, 4) is 0 Å². The van der Waals surface area contributed by atoms with Crippen molar-refractivity contribution in [3.63, 3.8) is 0 Å². The summed E-state index contributed by atoms with van der Waals surface area (Å²) in [4.78, 5) is 14.5. The van der Waals surface area contributed by atoms with E-state index in [1.165, 1.54) is 24.3 Å². The fourth-order valence-electron chi connectivity index (χ4n) is 2.73. The van der Waals surface area contributed by atoms with Crippen LogP contribution in [-0.4, -0.2) is 23.9 Å². The van der Waals surface area contributed by atoms with Gasteiger partial charge in [0.1, 0.15) is 17.7 Å². The van der Waals surface area contributed by atoms with Gasteiger partial charge in [-0.15, -0.1) is 0 Å². The van der Waals surface area contributed by atoms with Gasteiger partial charge in [0.15, 0.2) is 0 Å². The zero-order valence-electron chi connectivity index (χ0n) is 13.5. The number of carbonyl (C=O) groups is 1. The number of rotatable bonds is 6. The number of likely N-dealkylation sites (N-methyl/N-ethyl adjacent to an activating group) is 1. The van der Waals surface area contributed by atoms with Crippen molar-refractivity contribution < 1.29 is 13.6 Å². The molecule has 1 saturated carbocycles. The summed E-state index contributed by atoms with van der Waals surface area (Å²) in [7, 11) is 1.84. The van der Waals surface area contributed by atoms with E-state index in [1.54, 1.807) is 24.3 Å². The number of amides is 1. The lowest BCUT2D eigenvalue weighted by atomic mass is 10.0. The maximum atomic E-state index is 13.2. The van der Waals surface area contributed by atoms with Crippen LogP contribution in [0.1, 0.15) is 30.0 Å². The molecule has 0 saturated heterocycles. The topological polar surface area (TPSA) is 32.3 Å². The molecule has 1 atom stereocenters. The highest BCUT2D eigenvalue weighted by atomic mass is 19.1. The zero-order valence-corrected chi connectivity index (χ0v) is 13.5. The minimum atomic E-state index is -0.517. The molecule has 1 aliphatic rings. The number of nitrogens with zero attached hydrogens (tertiary/aromatic N) is 1. The van der Waals surface area contributed by atoms with E-state index in [0.717, 1.165) is 24.0 Å². The van der Waals surface area contributed by atoms with E-state index in [4.69, 9.17) is 0 Å². The van der Waals surface area contributed by atoms with Gasteiger partial charge in [-0.25, -0.2) is 8.78 Å². The first kappa shape index (κ1) is 16.6. The number of carbonyl (C=O) groups excluding carboxylic acids is 1. The fraction of sp³-hybridized carbons (Fsp3) is 0.316. The fourth-order valence-corrected chi connectivity index (χ4v) is 2.73. The van der Waals surface area contributed by atoms with E-state index < -0.39 is 6.04 Å². The molecule has 0 aliphatic heterocycles. The lowest BCUT2D eigenvalue weighted by Crippen LogP contribution is -2.39. The van der Waals surface area contributed by atoms with Crippen LogP contribution in [0.5, 0.6) is 0 Å². The predicted molar refractivity (Wildman–Crippen MR) is 88.2 cm³/mol. The standard InChI is InChI=1S/C19H20F2N2O/c1-23(12-13-2-6-15(20)7-3-13)18(19(24)22-17-10-11-17)14-4-8-16(21)9-5-14/h2-9,17-18H,10-12H2,1H3,(H,22,24). The highest BCUT2D eigenvalue weighted by Gasteiger charge is 2.30. The molecule has 1 fully saturated rings. The van der Waals surface area contributed by atoms with Gasteiger partial charge in [0.2, 0.25) is 5.91 Å². The predicted octanol–water partition coefficient (Wildman–Crippen LogP) is 3.42. The Balaban J connectivity index is 1.80. The smallest absolute Gasteiger partial charge is 0.242 e. The minimum Gasteiger partial charge on any atom is -0.352 e. The summed E-state index contributed by atoms with van der Waals surface area (Å²) in [5, 5.41) is 3.01. The van der Waals surface area contributed by atoms with E-state index >= 15 is 0 Å². The molecule has 0 bridgehead atoms. The Morgan fingerprint density at radius 2 is 1.62 bits per heavy atom. The monoisotopic (exact) mass is 330 g/mol. The first-order chi connectivity index (χ1) is 11.5. The molecule has 24 heavy (non-hydrogen) atoms. The summed E-state index contributed by atoms with van der Waals surface area (Å²) in [6, 6.07) is 11.9. The molecule has 1 unspecified atom stereocenters. The lowest BCUT2D eigenvalue weighted by molar-refractivity contribution is -0.126. The second-order valence-electron chi connectivity index (χ2n) is 6.28. The minimum absolute atomic E-state index is 0.0891. The van der Waals surface area contributed by atoms with Crippen molar-refractivity contribution in [1.29, 1.82) is 0 Å². The number of benzene rings is 2. The molecule has 1 amide bonds. The molecule has 0 aromatic heterocycles. The Morgan fingerprint density at radius 1 is 1.08 bits per heavy atom. The first-order valence-corrected chi connectivity index (χ1v) is 8.03. The van der Waals surface area contributed by atoms with Crippen molar-refractivity contribution in [2.45, 2.75) is 31.5 Å². The largest absolute Gasteiger partial charge is 0.352 e. The van der Waals surface area contributed by atoms with Crippen LogP contribution in [0, 0.1) is 11.6 Å². The summed E-state index contributed by atoms with van der Waals surface area (Å²) in [6.07, 6.45) is 2.01. The van der Waals surface area contributed by atoms with Gasteiger partial charge < -0.3 is 5.32 Å².